The molecule has 1 fully saturated rings. The van der Waals surface area contributed by atoms with E-state index in [1.54, 1.807) is 5.38 Å². The van der Waals surface area contributed by atoms with Crippen LogP contribution in [0.15, 0.2) is 11.4 Å². The molecule has 6 nitrogen and oxygen atoms in total. The van der Waals surface area contributed by atoms with Crippen molar-refractivity contribution < 1.29 is 24.9 Å². The molecule has 1 aliphatic heterocycles. The molecule has 5 N–H and O–H groups in total. The third-order valence-electron chi connectivity index (χ3n) is 2.76. The van der Waals surface area contributed by atoms with Gasteiger partial charge in [0.2, 0.25) is 5.91 Å². The first kappa shape index (κ1) is 12.5. The quantitative estimate of drug-likeness (QED) is 0.556. The SMILES string of the molecule is NC(=O)c1ccsc1[C@H]1O[C@H](CO)[C@@H](O)[C@H]1O. The molecular weight excluding hydrogens is 246 g/mol. The summed E-state index contributed by atoms with van der Waals surface area (Å²) in [6.07, 6.45) is -4.03. The Kier molecular flexibility index (Phi) is 3.45. The Labute approximate surface area is 101 Å². The molecule has 17 heavy (non-hydrogen) atoms. The van der Waals surface area contributed by atoms with Gasteiger partial charge in [-0.15, -0.1) is 11.3 Å². The van der Waals surface area contributed by atoms with Crippen LogP contribution in [0.1, 0.15) is 21.3 Å². The molecule has 2 rings (SSSR count). The fraction of sp³-hybridized carbons (Fsp3) is 0.500. The van der Waals surface area contributed by atoms with E-state index in [9.17, 15) is 15.0 Å². The minimum absolute atomic E-state index is 0.268. The van der Waals surface area contributed by atoms with Gasteiger partial charge in [-0.05, 0) is 11.4 Å². The van der Waals surface area contributed by atoms with E-state index >= 15 is 0 Å². The summed E-state index contributed by atoms with van der Waals surface area (Å²) in [5.74, 6) is -0.612. The molecule has 0 aliphatic carbocycles. The highest BCUT2D eigenvalue weighted by Crippen LogP contribution is 2.37. The van der Waals surface area contributed by atoms with Crippen LogP contribution in [0.3, 0.4) is 0 Å². The van der Waals surface area contributed by atoms with Crippen LogP contribution in [0.25, 0.3) is 0 Å². The van der Waals surface area contributed by atoms with E-state index in [2.05, 4.69) is 0 Å². The number of thiophene rings is 1. The molecule has 1 amide bonds. The molecule has 94 valence electrons. The molecule has 0 spiro atoms. The van der Waals surface area contributed by atoms with Crippen LogP contribution in [0.4, 0.5) is 0 Å². The van der Waals surface area contributed by atoms with Crippen molar-refractivity contribution in [3.63, 3.8) is 0 Å². The second-order valence-corrected chi connectivity index (χ2v) is 4.77. The molecule has 1 saturated heterocycles. The van der Waals surface area contributed by atoms with Gasteiger partial charge in [0.25, 0.3) is 0 Å². The molecule has 0 aromatic carbocycles. The number of carbonyl (C=O) groups is 1. The highest BCUT2D eigenvalue weighted by Gasteiger charge is 2.44. The van der Waals surface area contributed by atoms with Crippen molar-refractivity contribution in [1.82, 2.24) is 0 Å². The lowest BCUT2D eigenvalue weighted by atomic mass is 10.0. The van der Waals surface area contributed by atoms with Gasteiger partial charge >= 0.3 is 0 Å². The lowest BCUT2D eigenvalue weighted by Crippen LogP contribution is -2.32. The summed E-state index contributed by atoms with van der Waals surface area (Å²) in [6.45, 7) is -0.397. The fourth-order valence-electron chi connectivity index (χ4n) is 1.86. The summed E-state index contributed by atoms with van der Waals surface area (Å²) in [5.41, 5.74) is 5.46. The Hall–Kier alpha value is -0.990. The van der Waals surface area contributed by atoms with Crippen LogP contribution in [0.2, 0.25) is 0 Å². The standard InChI is InChI=1S/C10H13NO5S/c11-10(15)4-1-2-17-9(4)8-7(14)6(13)5(3-12)16-8/h1-2,5-8,12-14H,3H2,(H2,11,15)/t5-,6-,7-,8+/m1/s1. The van der Waals surface area contributed by atoms with Crippen molar-refractivity contribution in [3.05, 3.63) is 21.9 Å². The second kappa shape index (κ2) is 4.71. The summed E-state index contributed by atoms with van der Waals surface area (Å²) in [5, 5.41) is 30.0. The first-order chi connectivity index (χ1) is 8.06. The minimum atomic E-state index is -1.18. The smallest absolute Gasteiger partial charge is 0.249 e. The van der Waals surface area contributed by atoms with Crippen LogP contribution < -0.4 is 5.73 Å². The van der Waals surface area contributed by atoms with Crippen LogP contribution in [0.5, 0.6) is 0 Å². The van der Waals surface area contributed by atoms with E-state index in [1.807, 2.05) is 0 Å². The number of carbonyl (C=O) groups excluding carboxylic acids is 1. The zero-order valence-corrected chi connectivity index (χ0v) is 9.63. The van der Waals surface area contributed by atoms with Crippen LogP contribution in [-0.2, 0) is 4.74 Å². The van der Waals surface area contributed by atoms with Crippen LogP contribution in [-0.4, -0.2) is 46.1 Å². The topological polar surface area (TPSA) is 113 Å². The summed E-state index contributed by atoms with van der Waals surface area (Å²) < 4.78 is 5.32. The maximum absolute atomic E-state index is 11.2. The number of rotatable bonds is 3. The number of hydrogen-bond donors (Lipinski definition) is 4. The Morgan fingerprint density at radius 2 is 2.18 bits per heavy atom. The molecule has 1 aliphatic rings. The first-order valence-electron chi connectivity index (χ1n) is 5.06. The maximum Gasteiger partial charge on any atom is 0.249 e. The molecule has 0 radical (unpaired) electrons. The number of ether oxygens (including phenoxy) is 1. The average molecular weight is 259 g/mol. The van der Waals surface area contributed by atoms with Gasteiger partial charge in [0, 0.05) is 4.88 Å². The van der Waals surface area contributed by atoms with E-state index in [4.69, 9.17) is 15.6 Å². The van der Waals surface area contributed by atoms with Gasteiger partial charge in [0.1, 0.15) is 24.4 Å². The fourth-order valence-corrected chi connectivity index (χ4v) is 2.84. The molecule has 2 heterocycles. The van der Waals surface area contributed by atoms with Crippen molar-refractivity contribution in [2.75, 3.05) is 6.61 Å². The monoisotopic (exact) mass is 259 g/mol. The Balaban J connectivity index is 2.29. The number of aliphatic hydroxyl groups is 3. The van der Waals surface area contributed by atoms with Crippen molar-refractivity contribution in [2.45, 2.75) is 24.4 Å². The Morgan fingerprint density at radius 1 is 1.47 bits per heavy atom. The molecule has 0 saturated carbocycles. The van der Waals surface area contributed by atoms with Crippen LogP contribution >= 0.6 is 11.3 Å². The Bertz CT molecular complexity index is 421. The third-order valence-corrected chi connectivity index (χ3v) is 3.74. The minimum Gasteiger partial charge on any atom is -0.394 e. The molecule has 7 heteroatoms. The van der Waals surface area contributed by atoms with Gasteiger partial charge < -0.3 is 25.8 Å². The zero-order chi connectivity index (χ0) is 12.6. The predicted molar refractivity (Wildman–Crippen MR) is 59.6 cm³/mol. The first-order valence-corrected chi connectivity index (χ1v) is 5.94. The molecule has 1 aromatic rings. The molecule has 4 atom stereocenters. The number of primary amides is 1. The third kappa shape index (κ3) is 2.07. The summed E-state index contributed by atoms with van der Waals surface area (Å²) in [4.78, 5) is 11.6. The van der Waals surface area contributed by atoms with E-state index in [1.165, 1.54) is 17.4 Å². The second-order valence-electron chi connectivity index (χ2n) is 3.82. The van der Waals surface area contributed by atoms with Crippen molar-refractivity contribution in [3.8, 4) is 0 Å². The van der Waals surface area contributed by atoms with E-state index in [0.29, 0.717) is 4.88 Å². The number of aliphatic hydroxyl groups excluding tert-OH is 3. The largest absolute Gasteiger partial charge is 0.394 e. The van der Waals surface area contributed by atoms with Gasteiger partial charge in [-0.2, -0.15) is 0 Å². The van der Waals surface area contributed by atoms with E-state index in [0.717, 1.165) is 0 Å². The predicted octanol–water partition coefficient (Wildman–Crippen LogP) is -0.999. The maximum atomic E-state index is 11.2. The summed E-state index contributed by atoms with van der Waals surface area (Å²) in [7, 11) is 0. The zero-order valence-electron chi connectivity index (χ0n) is 8.81. The number of hydrogen-bond acceptors (Lipinski definition) is 6. The lowest BCUT2D eigenvalue weighted by molar-refractivity contribution is -0.0219. The molecular formula is C10H13NO5S. The van der Waals surface area contributed by atoms with E-state index < -0.39 is 36.9 Å². The van der Waals surface area contributed by atoms with Gasteiger partial charge in [0.05, 0.1) is 12.2 Å². The highest BCUT2D eigenvalue weighted by molar-refractivity contribution is 7.10. The van der Waals surface area contributed by atoms with Gasteiger partial charge in [-0.1, -0.05) is 0 Å². The highest BCUT2D eigenvalue weighted by atomic mass is 32.1. The van der Waals surface area contributed by atoms with E-state index in [-0.39, 0.29) is 5.56 Å². The Morgan fingerprint density at radius 3 is 2.71 bits per heavy atom. The van der Waals surface area contributed by atoms with Crippen molar-refractivity contribution in [2.24, 2.45) is 5.73 Å². The van der Waals surface area contributed by atoms with Crippen molar-refractivity contribution >= 4 is 17.2 Å². The average Bonchev–Trinajstić information content (AvgIpc) is 2.86. The normalized spacial score (nSPS) is 32.9. The molecule has 1 aromatic heterocycles. The van der Waals surface area contributed by atoms with Crippen molar-refractivity contribution in [1.29, 1.82) is 0 Å². The van der Waals surface area contributed by atoms with Gasteiger partial charge in [-0.3, -0.25) is 4.79 Å². The lowest BCUT2D eigenvalue weighted by Gasteiger charge is -2.14. The number of amides is 1. The van der Waals surface area contributed by atoms with Gasteiger partial charge in [0.15, 0.2) is 0 Å². The number of nitrogens with two attached hydrogens (primary N) is 1. The summed E-state index contributed by atoms with van der Waals surface area (Å²) >= 11 is 1.21. The molecule has 0 unspecified atom stereocenters. The molecule has 0 bridgehead atoms. The van der Waals surface area contributed by atoms with Gasteiger partial charge in [-0.25, -0.2) is 0 Å². The van der Waals surface area contributed by atoms with Crippen LogP contribution in [0, 0.1) is 0 Å². The summed E-state index contributed by atoms with van der Waals surface area (Å²) in [6, 6.07) is 1.54.